The lowest BCUT2D eigenvalue weighted by molar-refractivity contribution is -0.393. The SMILES string of the molecule is CCCN(CCC)c1c([N+](=O)[O-])cc(S(=O)(=O)N(C)SC(Cl)(Cl)C(Cl)Cl)cc1[N+](=O)[O-]. The fraction of sp³-hybridized carbons (Fsp3) is 0.600. The second kappa shape index (κ2) is 11.4. The topological polar surface area (TPSA) is 127 Å². The molecule has 31 heavy (non-hydrogen) atoms. The summed E-state index contributed by atoms with van der Waals surface area (Å²) in [5, 5.41) is 23.5. The van der Waals surface area contributed by atoms with Gasteiger partial charge in [-0.2, -0.15) is 0 Å². The molecule has 1 aromatic carbocycles. The van der Waals surface area contributed by atoms with Crippen LogP contribution in [0.2, 0.25) is 0 Å². The maximum absolute atomic E-state index is 13.0. The van der Waals surface area contributed by atoms with Crippen LogP contribution in [0.3, 0.4) is 0 Å². The first kappa shape index (κ1) is 28.3. The van der Waals surface area contributed by atoms with Crippen molar-refractivity contribution in [3.63, 3.8) is 0 Å². The number of halogens is 4. The molecule has 0 aromatic heterocycles. The third kappa shape index (κ3) is 6.86. The van der Waals surface area contributed by atoms with Gasteiger partial charge in [-0.15, -0.1) is 26.9 Å². The van der Waals surface area contributed by atoms with Gasteiger partial charge < -0.3 is 4.90 Å². The predicted molar refractivity (Wildman–Crippen MR) is 125 cm³/mol. The van der Waals surface area contributed by atoms with Gasteiger partial charge in [0, 0.05) is 32.3 Å². The molecule has 0 aliphatic carbocycles. The average molecular weight is 558 g/mol. The van der Waals surface area contributed by atoms with Crippen LogP contribution in [0, 0.1) is 20.2 Å². The summed E-state index contributed by atoms with van der Waals surface area (Å²) in [6.45, 7) is 4.25. The Bertz CT molecular complexity index is 891. The Morgan fingerprint density at radius 3 is 1.81 bits per heavy atom. The molecule has 0 unspecified atom stereocenters. The van der Waals surface area contributed by atoms with Crippen molar-refractivity contribution in [3.05, 3.63) is 32.4 Å². The monoisotopic (exact) mass is 556 g/mol. The molecule has 1 rings (SSSR count). The van der Waals surface area contributed by atoms with E-state index in [9.17, 15) is 28.6 Å². The van der Waals surface area contributed by atoms with E-state index in [-0.39, 0.29) is 5.69 Å². The number of rotatable bonds is 12. The first-order valence-electron chi connectivity index (χ1n) is 8.76. The molecule has 0 N–H and O–H groups in total. The van der Waals surface area contributed by atoms with Crippen molar-refractivity contribution < 1.29 is 18.3 Å². The van der Waals surface area contributed by atoms with Crippen LogP contribution in [-0.4, -0.2) is 50.6 Å². The van der Waals surface area contributed by atoms with E-state index in [1.165, 1.54) is 4.90 Å². The molecule has 0 heterocycles. The number of hydrogen-bond donors (Lipinski definition) is 0. The molecule has 0 bridgehead atoms. The lowest BCUT2D eigenvalue weighted by Gasteiger charge is -2.26. The van der Waals surface area contributed by atoms with Crippen molar-refractivity contribution in [1.82, 2.24) is 3.71 Å². The van der Waals surface area contributed by atoms with Gasteiger partial charge in [0.1, 0.15) is 0 Å². The zero-order valence-electron chi connectivity index (χ0n) is 16.6. The van der Waals surface area contributed by atoms with Gasteiger partial charge in [-0.25, -0.2) is 8.42 Å². The first-order chi connectivity index (χ1) is 14.2. The van der Waals surface area contributed by atoms with Crippen molar-refractivity contribution in [2.45, 2.75) is 40.1 Å². The van der Waals surface area contributed by atoms with Gasteiger partial charge in [0.2, 0.25) is 3.67 Å². The third-order valence-electron chi connectivity index (χ3n) is 3.88. The highest BCUT2D eigenvalue weighted by molar-refractivity contribution is 8.11. The minimum Gasteiger partial charge on any atom is -0.360 e. The molecular formula is C15H20Cl4N4O6S2. The number of alkyl halides is 4. The second-order valence-corrected chi connectivity index (χ2v) is 12.7. The normalized spacial score (nSPS) is 12.4. The zero-order valence-corrected chi connectivity index (χ0v) is 21.3. The summed E-state index contributed by atoms with van der Waals surface area (Å²) in [6, 6.07) is 1.55. The molecule has 0 aliphatic heterocycles. The molecule has 0 radical (unpaired) electrons. The molecule has 0 saturated carbocycles. The molecule has 0 atom stereocenters. The highest BCUT2D eigenvalue weighted by Gasteiger charge is 2.40. The van der Waals surface area contributed by atoms with Gasteiger partial charge in [0.15, 0.2) is 10.5 Å². The molecule has 176 valence electrons. The Morgan fingerprint density at radius 1 is 1.06 bits per heavy atom. The molecule has 0 spiro atoms. The number of benzene rings is 1. The standard InChI is InChI=1S/C15H20Cl4N4O6S2/c1-4-6-21(7-5-2)13-11(22(24)25)8-10(9-12(13)23(26)27)31(28,29)20(3)30-15(18,19)14(16)17/h8-9,14H,4-7H2,1-3H3. The van der Waals surface area contributed by atoms with Gasteiger partial charge in [-0.05, 0) is 24.8 Å². The maximum Gasteiger partial charge on any atom is 0.301 e. The first-order valence-corrected chi connectivity index (χ1v) is 12.6. The number of sulfonamides is 1. The number of anilines is 1. The fourth-order valence-electron chi connectivity index (χ4n) is 2.61. The lowest BCUT2D eigenvalue weighted by Crippen LogP contribution is -2.29. The summed E-state index contributed by atoms with van der Waals surface area (Å²) in [6.07, 6.45) is 1.14. The van der Waals surface area contributed by atoms with Gasteiger partial charge in [-0.3, -0.25) is 20.2 Å². The van der Waals surface area contributed by atoms with Gasteiger partial charge >= 0.3 is 11.4 Å². The largest absolute Gasteiger partial charge is 0.360 e. The van der Waals surface area contributed by atoms with E-state index in [4.69, 9.17) is 46.4 Å². The molecule has 1 aromatic rings. The van der Waals surface area contributed by atoms with Crippen molar-refractivity contribution in [3.8, 4) is 0 Å². The van der Waals surface area contributed by atoms with Crippen LogP contribution < -0.4 is 4.90 Å². The zero-order chi connectivity index (χ0) is 24.1. The van der Waals surface area contributed by atoms with Crippen LogP contribution in [-0.2, 0) is 10.0 Å². The van der Waals surface area contributed by atoms with Crippen LogP contribution in [0.1, 0.15) is 26.7 Å². The van der Waals surface area contributed by atoms with E-state index in [1.807, 2.05) is 13.8 Å². The Kier molecular flexibility index (Phi) is 10.4. The van der Waals surface area contributed by atoms with Gasteiger partial charge in [0.25, 0.3) is 10.0 Å². The van der Waals surface area contributed by atoms with Crippen LogP contribution in [0.15, 0.2) is 17.0 Å². The Hall–Kier alpha value is -0.760. The summed E-state index contributed by atoms with van der Waals surface area (Å²) in [4.78, 5) is 21.2. The molecule has 0 aliphatic rings. The molecule has 0 amide bonds. The van der Waals surface area contributed by atoms with Crippen molar-refractivity contribution >= 4 is 85.4 Å². The quantitative estimate of drug-likeness (QED) is 0.146. The van der Waals surface area contributed by atoms with Crippen molar-refractivity contribution in [1.29, 1.82) is 0 Å². The van der Waals surface area contributed by atoms with Crippen LogP contribution in [0.25, 0.3) is 0 Å². The maximum atomic E-state index is 13.0. The van der Waals surface area contributed by atoms with E-state index >= 15 is 0 Å². The van der Waals surface area contributed by atoms with Crippen LogP contribution in [0.5, 0.6) is 0 Å². The van der Waals surface area contributed by atoms with Crippen molar-refractivity contribution in [2.75, 3.05) is 25.0 Å². The summed E-state index contributed by atoms with van der Waals surface area (Å²) in [5.74, 6) is 0. The number of nitro groups is 2. The second-order valence-electron chi connectivity index (χ2n) is 6.18. The smallest absolute Gasteiger partial charge is 0.301 e. The highest BCUT2D eigenvalue weighted by atomic mass is 35.5. The minimum absolute atomic E-state index is 0.251. The van der Waals surface area contributed by atoms with E-state index in [1.54, 1.807) is 0 Å². The fourth-order valence-corrected chi connectivity index (χ4v) is 5.96. The molecule has 16 heteroatoms. The predicted octanol–water partition coefficient (Wildman–Crippen LogP) is 5.33. The number of nitrogens with zero attached hydrogens (tertiary/aromatic N) is 4. The third-order valence-corrected chi connectivity index (χ3v) is 9.15. The van der Waals surface area contributed by atoms with E-state index in [0.717, 1.165) is 19.2 Å². The highest BCUT2D eigenvalue weighted by Crippen LogP contribution is 2.46. The molecule has 10 nitrogen and oxygen atoms in total. The summed E-state index contributed by atoms with van der Waals surface area (Å²) < 4.78 is 24.5. The average Bonchev–Trinajstić information content (AvgIpc) is 2.66. The number of nitro benzene ring substituents is 2. The van der Waals surface area contributed by atoms with Crippen LogP contribution >= 0.6 is 58.4 Å². The Morgan fingerprint density at radius 2 is 1.48 bits per heavy atom. The molecule has 0 fully saturated rings. The Labute approximate surface area is 204 Å². The summed E-state index contributed by atoms with van der Waals surface area (Å²) >= 11 is 23.4. The van der Waals surface area contributed by atoms with E-state index < -0.39 is 44.6 Å². The number of hydrogen-bond acceptors (Lipinski definition) is 8. The lowest BCUT2D eigenvalue weighted by atomic mass is 10.2. The molecular weight excluding hydrogens is 538 g/mol. The minimum atomic E-state index is -4.50. The van der Waals surface area contributed by atoms with Crippen molar-refractivity contribution in [2.24, 2.45) is 0 Å². The van der Waals surface area contributed by atoms with Gasteiger partial charge in [0.05, 0.1) is 14.7 Å². The van der Waals surface area contributed by atoms with Crippen LogP contribution in [0.4, 0.5) is 17.1 Å². The van der Waals surface area contributed by atoms with E-state index in [2.05, 4.69) is 0 Å². The molecule has 0 saturated heterocycles. The Balaban J connectivity index is 3.71. The van der Waals surface area contributed by atoms with E-state index in [0.29, 0.717) is 41.6 Å². The van der Waals surface area contributed by atoms with Gasteiger partial charge in [-0.1, -0.05) is 37.0 Å². The summed E-state index contributed by atoms with van der Waals surface area (Å²) in [7, 11) is -3.44. The summed E-state index contributed by atoms with van der Waals surface area (Å²) in [5.41, 5.74) is -1.66.